The van der Waals surface area contributed by atoms with Crippen LogP contribution in [0.15, 0.2) is 0 Å². The number of piperazine rings is 1. The van der Waals surface area contributed by atoms with Gasteiger partial charge in [-0.3, -0.25) is 14.9 Å². The fourth-order valence-electron chi connectivity index (χ4n) is 2.84. The van der Waals surface area contributed by atoms with Gasteiger partial charge in [0.1, 0.15) is 18.6 Å². The summed E-state index contributed by atoms with van der Waals surface area (Å²) in [6.45, 7) is 1.60. The number of amides is 4. The first-order chi connectivity index (χ1) is 9.40. The van der Waals surface area contributed by atoms with Crippen LogP contribution in [0.25, 0.3) is 0 Å². The zero-order valence-electron chi connectivity index (χ0n) is 11.2. The summed E-state index contributed by atoms with van der Waals surface area (Å²) >= 11 is 0. The molecule has 2 N–H and O–H groups in total. The van der Waals surface area contributed by atoms with E-state index < -0.39 is 29.4 Å². The van der Waals surface area contributed by atoms with Crippen molar-refractivity contribution < 1.29 is 24.3 Å². The van der Waals surface area contributed by atoms with Crippen molar-refractivity contribution in [3.8, 4) is 0 Å². The number of carboxylic acids is 1. The van der Waals surface area contributed by atoms with Crippen LogP contribution in [-0.2, 0) is 14.4 Å². The normalized spacial score (nSPS) is 26.6. The first-order valence-electron chi connectivity index (χ1n) is 6.53. The molecule has 2 saturated heterocycles. The Morgan fingerprint density at radius 3 is 2.40 bits per heavy atom. The third-order valence-corrected chi connectivity index (χ3v) is 3.92. The molecule has 4 amide bonds. The predicted molar refractivity (Wildman–Crippen MR) is 66.7 cm³/mol. The minimum atomic E-state index is -1.23. The summed E-state index contributed by atoms with van der Waals surface area (Å²) in [4.78, 5) is 48.9. The van der Waals surface area contributed by atoms with Gasteiger partial charge in [0.2, 0.25) is 11.8 Å². The molecule has 2 rings (SSSR count). The first kappa shape index (κ1) is 14.3. The third-order valence-electron chi connectivity index (χ3n) is 3.92. The Kier molecular flexibility index (Phi) is 3.65. The van der Waals surface area contributed by atoms with Crippen LogP contribution < -0.4 is 5.32 Å². The summed E-state index contributed by atoms with van der Waals surface area (Å²) < 4.78 is 0. The monoisotopic (exact) mass is 283 g/mol. The van der Waals surface area contributed by atoms with Gasteiger partial charge >= 0.3 is 12.0 Å². The lowest BCUT2D eigenvalue weighted by molar-refractivity contribution is -0.148. The number of rotatable bonds is 2. The van der Waals surface area contributed by atoms with Gasteiger partial charge in [0.15, 0.2) is 0 Å². The van der Waals surface area contributed by atoms with Crippen molar-refractivity contribution in [2.45, 2.75) is 31.7 Å². The van der Waals surface area contributed by atoms with E-state index in [0.29, 0.717) is 25.8 Å². The second kappa shape index (κ2) is 5.10. The standard InChI is InChI=1S/C12H17N3O5/c1-2-12(10(18)19)4-3-5-15(12)11(20)14-6-8(16)13-9(17)7-14/h2-7H2,1H3,(H,18,19)(H,13,16,17). The van der Waals surface area contributed by atoms with Gasteiger partial charge in [-0.25, -0.2) is 9.59 Å². The number of hydrogen-bond acceptors (Lipinski definition) is 4. The van der Waals surface area contributed by atoms with E-state index >= 15 is 0 Å². The smallest absolute Gasteiger partial charge is 0.329 e. The van der Waals surface area contributed by atoms with Gasteiger partial charge in [0.05, 0.1) is 0 Å². The molecule has 110 valence electrons. The van der Waals surface area contributed by atoms with Crippen molar-refractivity contribution in [2.24, 2.45) is 0 Å². The molecule has 0 aromatic rings. The number of nitrogens with zero attached hydrogens (tertiary/aromatic N) is 2. The molecule has 0 radical (unpaired) electrons. The van der Waals surface area contributed by atoms with E-state index in [9.17, 15) is 24.3 Å². The zero-order valence-corrected chi connectivity index (χ0v) is 11.2. The lowest BCUT2D eigenvalue weighted by Crippen LogP contribution is -2.61. The van der Waals surface area contributed by atoms with Crippen LogP contribution >= 0.6 is 0 Å². The van der Waals surface area contributed by atoms with E-state index in [1.165, 1.54) is 4.90 Å². The van der Waals surface area contributed by atoms with Crippen LogP contribution in [0.4, 0.5) is 4.79 Å². The summed E-state index contributed by atoms with van der Waals surface area (Å²) in [5.41, 5.74) is -1.23. The molecule has 20 heavy (non-hydrogen) atoms. The molecule has 0 saturated carbocycles. The maximum atomic E-state index is 12.4. The highest BCUT2D eigenvalue weighted by molar-refractivity contribution is 6.02. The Bertz CT molecular complexity index is 462. The van der Waals surface area contributed by atoms with Crippen LogP contribution in [0.2, 0.25) is 0 Å². The SMILES string of the molecule is CCC1(C(=O)O)CCCN1C(=O)N1CC(=O)NC(=O)C1. The number of aliphatic carboxylic acids is 1. The quantitative estimate of drug-likeness (QED) is 0.658. The van der Waals surface area contributed by atoms with Gasteiger partial charge in [0.25, 0.3) is 0 Å². The highest BCUT2D eigenvalue weighted by Gasteiger charge is 2.50. The second-order valence-corrected chi connectivity index (χ2v) is 5.06. The molecule has 0 aromatic carbocycles. The molecule has 0 aromatic heterocycles. The zero-order chi connectivity index (χ0) is 14.9. The number of imide groups is 1. The van der Waals surface area contributed by atoms with Crippen molar-refractivity contribution in [1.82, 2.24) is 15.1 Å². The van der Waals surface area contributed by atoms with Gasteiger partial charge in [-0.2, -0.15) is 0 Å². The lowest BCUT2D eigenvalue weighted by Gasteiger charge is -2.38. The molecule has 8 nitrogen and oxygen atoms in total. The van der Waals surface area contributed by atoms with Gasteiger partial charge < -0.3 is 14.9 Å². The molecular formula is C12H17N3O5. The van der Waals surface area contributed by atoms with Crippen molar-refractivity contribution in [1.29, 1.82) is 0 Å². The van der Waals surface area contributed by atoms with Gasteiger partial charge in [0, 0.05) is 6.54 Å². The molecule has 0 aliphatic carbocycles. The van der Waals surface area contributed by atoms with Crippen molar-refractivity contribution >= 4 is 23.8 Å². The molecule has 8 heteroatoms. The highest BCUT2D eigenvalue weighted by Crippen LogP contribution is 2.33. The predicted octanol–water partition coefficient (Wildman–Crippen LogP) is -0.606. The van der Waals surface area contributed by atoms with Crippen LogP contribution in [-0.4, -0.2) is 63.9 Å². The summed E-state index contributed by atoms with van der Waals surface area (Å²) in [5, 5.41) is 11.5. The Hall–Kier alpha value is -2.12. The molecule has 1 unspecified atom stereocenters. The maximum absolute atomic E-state index is 12.4. The number of carboxylic acid groups (broad SMARTS) is 1. The molecule has 2 heterocycles. The molecule has 0 spiro atoms. The molecule has 2 aliphatic rings. The Morgan fingerprint density at radius 2 is 1.90 bits per heavy atom. The average molecular weight is 283 g/mol. The van der Waals surface area contributed by atoms with Gasteiger partial charge in [-0.1, -0.05) is 6.92 Å². The van der Waals surface area contributed by atoms with Crippen LogP contribution in [0.3, 0.4) is 0 Å². The van der Waals surface area contributed by atoms with Crippen molar-refractivity contribution in [2.75, 3.05) is 19.6 Å². The van der Waals surface area contributed by atoms with E-state index in [0.717, 1.165) is 4.90 Å². The largest absolute Gasteiger partial charge is 0.479 e. The Balaban J connectivity index is 2.21. The molecule has 2 aliphatic heterocycles. The van der Waals surface area contributed by atoms with Gasteiger partial charge in [-0.15, -0.1) is 0 Å². The molecule has 0 bridgehead atoms. The topological polar surface area (TPSA) is 107 Å². The third kappa shape index (κ3) is 2.21. The number of carbonyl (C=O) groups is 4. The maximum Gasteiger partial charge on any atom is 0.329 e. The number of hydrogen-bond donors (Lipinski definition) is 2. The first-order valence-corrected chi connectivity index (χ1v) is 6.53. The van der Waals surface area contributed by atoms with Crippen LogP contribution in [0, 0.1) is 0 Å². The number of likely N-dealkylation sites (tertiary alicyclic amines) is 1. The van der Waals surface area contributed by atoms with E-state index in [1.54, 1.807) is 6.92 Å². The molecule has 1 atom stereocenters. The fourth-order valence-corrected chi connectivity index (χ4v) is 2.84. The lowest BCUT2D eigenvalue weighted by atomic mass is 9.93. The number of urea groups is 1. The summed E-state index contributed by atoms with van der Waals surface area (Å²) in [6, 6.07) is -0.560. The van der Waals surface area contributed by atoms with Crippen LogP contribution in [0.5, 0.6) is 0 Å². The van der Waals surface area contributed by atoms with E-state index in [4.69, 9.17) is 0 Å². The Labute approximate surface area is 115 Å². The van der Waals surface area contributed by atoms with E-state index in [-0.39, 0.29) is 13.1 Å². The van der Waals surface area contributed by atoms with Crippen LogP contribution in [0.1, 0.15) is 26.2 Å². The molecule has 2 fully saturated rings. The van der Waals surface area contributed by atoms with E-state index in [1.807, 2.05) is 0 Å². The number of nitrogens with one attached hydrogen (secondary N) is 1. The average Bonchev–Trinajstić information content (AvgIpc) is 2.81. The van der Waals surface area contributed by atoms with Gasteiger partial charge in [-0.05, 0) is 19.3 Å². The van der Waals surface area contributed by atoms with Crippen molar-refractivity contribution in [3.05, 3.63) is 0 Å². The fraction of sp³-hybridized carbons (Fsp3) is 0.667. The minimum absolute atomic E-state index is 0.222. The number of carbonyl (C=O) groups excluding carboxylic acids is 3. The summed E-state index contributed by atoms with van der Waals surface area (Å²) in [5.74, 6) is -2.14. The highest BCUT2D eigenvalue weighted by atomic mass is 16.4. The Morgan fingerprint density at radius 1 is 1.30 bits per heavy atom. The summed E-state index contributed by atoms with van der Waals surface area (Å²) in [6.07, 6.45) is 1.28. The van der Waals surface area contributed by atoms with E-state index in [2.05, 4.69) is 5.32 Å². The second-order valence-electron chi connectivity index (χ2n) is 5.06. The summed E-state index contributed by atoms with van der Waals surface area (Å²) in [7, 11) is 0. The van der Waals surface area contributed by atoms with Crippen molar-refractivity contribution in [3.63, 3.8) is 0 Å². The minimum Gasteiger partial charge on any atom is -0.479 e. The molecular weight excluding hydrogens is 266 g/mol.